The highest BCUT2D eigenvalue weighted by atomic mass is 15.0. The van der Waals surface area contributed by atoms with Crippen LogP contribution in [0.3, 0.4) is 0 Å². The quantitative estimate of drug-likeness (QED) is 0.256. The van der Waals surface area contributed by atoms with Gasteiger partial charge in [0.05, 0.1) is 0 Å². The lowest BCUT2D eigenvalue weighted by Crippen LogP contribution is -2.39. The molecule has 0 aromatic rings. The molecule has 1 rings (SSSR count). The summed E-state index contributed by atoms with van der Waals surface area (Å²) in [6.07, 6.45) is 0. The van der Waals surface area contributed by atoms with E-state index in [1.807, 2.05) is 0 Å². The van der Waals surface area contributed by atoms with Gasteiger partial charge in [-0.3, -0.25) is 0 Å². The van der Waals surface area contributed by atoms with Crippen molar-refractivity contribution in [2.24, 2.45) is 5.84 Å². The summed E-state index contributed by atoms with van der Waals surface area (Å²) < 4.78 is 0. The summed E-state index contributed by atoms with van der Waals surface area (Å²) >= 11 is 0. The number of nitrogens with zero attached hydrogens (tertiary/aromatic N) is 1. The van der Waals surface area contributed by atoms with Crippen LogP contribution in [0.15, 0.2) is 0 Å². The van der Waals surface area contributed by atoms with Crippen molar-refractivity contribution in [3.8, 4) is 0 Å². The van der Waals surface area contributed by atoms with Crippen LogP contribution in [0.25, 0.3) is 0 Å². The highest BCUT2D eigenvalue weighted by Crippen LogP contribution is 1.65. The molecule has 0 bridgehead atoms. The zero-order valence-corrected chi connectivity index (χ0v) is 4.85. The van der Waals surface area contributed by atoms with Crippen molar-refractivity contribution >= 4 is 0 Å². The van der Waals surface area contributed by atoms with E-state index in [0.29, 0.717) is 0 Å². The minimum Gasteiger partial charge on any atom is -0.314 e. The van der Waals surface area contributed by atoms with E-state index in [4.69, 9.17) is 5.84 Å². The Morgan fingerprint density at radius 3 is 1.25 bits per heavy atom. The SMILES string of the molecule is C1CNCCN1.[N]N. The van der Waals surface area contributed by atoms with Crippen molar-refractivity contribution in [3.05, 3.63) is 0 Å². The van der Waals surface area contributed by atoms with Gasteiger partial charge in [0.1, 0.15) is 0 Å². The van der Waals surface area contributed by atoms with Crippen molar-refractivity contribution in [3.63, 3.8) is 0 Å². The Labute approximate surface area is 49.6 Å². The summed E-state index contributed by atoms with van der Waals surface area (Å²) in [5.74, 6) is 10.0. The molecule has 1 aliphatic rings. The van der Waals surface area contributed by atoms with Crippen LogP contribution < -0.4 is 22.3 Å². The molecule has 0 atom stereocenters. The number of piperazine rings is 1. The molecule has 0 spiro atoms. The maximum Gasteiger partial charge on any atom is 0.00772 e. The number of hydrogen-bond acceptors (Lipinski definition) is 3. The summed E-state index contributed by atoms with van der Waals surface area (Å²) in [6.45, 7) is 4.56. The summed E-state index contributed by atoms with van der Waals surface area (Å²) in [5, 5.41) is 6.44. The largest absolute Gasteiger partial charge is 0.314 e. The molecular formula is C4H12N4. The van der Waals surface area contributed by atoms with Gasteiger partial charge in [-0.1, -0.05) is 0 Å². The van der Waals surface area contributed by atoms with Crippen molar-refractivity contribution < 1.29 is 0 Å². The average molecular weight is 116 g/mol. The fraction of sp³-hybridized carbons (Fsp3) is 1.00. The fourth-order valence-electron chi connectivity index (χ4n) is 0.604. The first-order chi connectivity index (χ1) is 4.00. The molecule has 0 aliphatic carbocycles. The zero-order valence-electron chi connectivity index (χ0n) is 4.85. The van der Waals surface area contributed by atoms with Crippen LogP contribution in [-0.4, -0.2) is 26.2 Å². The first kappa shape index (κ1) is 7.84. The third kappa shape index (κ3) is 4.01. The normalized spacial score (nSPS) is 18.8. The van der Waals surface area contributed by atoms with Gasteiger partial charge in [-0.05, 0) is 5.84 Å². The van der Waals surface area contributed by atoms with E-state index < -0.39 is 0 Å². The van der Waals surface area contributed by atoms with Gasteiger partial charge in [-0.15, -0.1) is 0 Å². The van der Waals surface area contributed by atoms with Crippen molar-refractivity contribution in [2.45, 2.75) is 0 Å². The smallest absolute Gasteiger partial charge is 0.00772 e. The van der Waals surface area contributed by atoms with Crippen molar-refractivity contribution in [1.82, 2.24) is 16.5 Å². The molecule has 1 heterocycles. The molecule has 1 aliphatic heterocycles. The molecule has 4 nitrogen and oxygen atoms in total. The Kier molecular flexibility index (Phi) is 6.70. The highest BCUT2D eigenvalue weighted by Gasteiger charge is 1.91. The summed E-state index contributed by atoms with van der Waals surface area (Å²) in [4.78, 5) is 0. The number of rotatable bonds is 0. The van der Waals surface area contributed by atoms with Gasteiger partial charge >= 0.3 is 0 Å². The summed E-state index contributed by atoms with van der Waals surface area (Å²) in [5.41, 5.74) is 0. The Bertz CT molecular complexity index is 23.5. The van der Waals surface area contributed by atoms with Crippen LogP contribution in [0.2, 0.25) is 0 Å². The molecule has 48 valence electrons. The van der Waals surface area contributed by atoms with Gasteiger partial charge in [0.2, 0.25) is 0 Å². The van der Waals surface area contributed by atoms with Crippen LogP contribution in [0.4, 0.5) is 0 Å². The maximum absolute atomic E-state index is 6.50. The predicted octanol–water partition coefficient (Wildman–Crippen LogP) is -1.89. The number of hydrogen-bond donors (Lipinski definition) is 3. The lowest BCUT2D eigenvalue weighted by atomic mass is 10.4. The molecule has 4 heteroatoms. The predicted molar refractivity (Wildman–Crippen MR) is 32.1 cm³/mol. The Balaban J connectivity index is 0.000000222. The van der Waals surface area contributed by atoms with E-state index >= 15 is 0 Å². The molecule has 8 heavy (non-hydrogen) atoms. The molecule has 2 radical (unpaired) electrons. The lowest BCUT2D eigenvalue weighted by Gasteiger charge is -2.11. The van der Waals surface area contributed by atoms with E-state index in [0.717, 1.165) is 26.2 Å². The van der Waals surface area contributed by atoms with Crippen LogP contribution in [0.5, 0.6) is 0 Å². The van der Waals surface area contributed by atoms with Gasteiger partial charge in [0, 0.05) is 26.2 Å². The molecule has 1 saturated heterocycles. The third-order valence-electron chi connectivity index (χ3n) is 0.957. The van der Waals surface area contributed by atoms with E-state index in [1.54, 1.807) is 0 Å². The molecule has 0 aromatic carbocycles. The molecule has 0 saturated carbocycles. The van der Waals surface area contributed by atoms with Gasteiger partial charge in [-0.2, -0.15) is 0 Å². The number of nitrogens with one attached hydrogen (secondary N) is 2. The average Bonchev–Trinajstić information content (AvgIpc) is 1.96. The van der Waals surface area contributed by atoms with Gasteiger partial charge in [0.25, 0.3) is 0 Å². The van der Waals surface area contributed by atoms with Crippen LogP contribution in [0.1, 0.15) is 0 Å². The molecule has 0 unspecified atom stereocenters. The highest BCUT2D eigenvalue weighted by molar-refractivity contribution is 4.59. The lowest BCUT2D eigenvalue weighted by molar-refractivity contribution is 0.534. The second-order valence-corrected chi connectivity index (χ2v) is 1.50. The van der Waals surface area contributed by atoms with Crippen molar-refractivity contribution in [2.75, 3.05) is 26.2 Å². The first-order valence-corrected chi connectivity index (χ1v) is 2.67. The Morgan fingerprint density at radius 2 is 1.12 bits per heavy atom. The van der Waals surface area contributed by atoms with Crippen LogP contribution >= 0.6 is 0 Å². The number of nitrogens with two attached hydrogens (primary N) is 1. The minimum absolute atomic E-state index is 1.14. The van der Waals surface area contributed by atoms with E-state index in [1.165, 1.54) is 0 Å². The second-order valence-electron chi connectivity index (χ2n) is 1.50. The Morgan fingerprint density at radius 1 is 0.875 bits per heavy atom. The van der Waals surface area contributed by atoms with Gasteiger partial charge in [-0.25, -0.2) is 5.84 Å². The summed E-state index contributed by atoms with van der Waals surface area (Å²) in [7, 11) is 0. The van der Waals surface area contributed by atoms with E-state index in [-0.39, 0.29) is 0 Å². The van der Waals surface area contributed by atoms with Gasteiger partial charge in [0.15, 0.2) is 0 Å². The molecular weight excluding hydrogens is 104 g/mol. The van der Waals surface area contributed by atoms with Gasteiger partial charge < -0.3 is 10.6 Å². The standard InChI is InChI=1S/C4H10N2.H2N2/c1-2-6-4-3-5-1;1-2/h5-6H,1-4H2;1H2. The topological polar surface area (TPSA) is 72.4 Å². The molecule has 1 fully saturated rings. The molecule has 4 N–H and O–H groups in total. The van der Waals surface area contributed by atoms with Crippen LogP contribution in [0, 0.1) is 0 Å². The third-order valence-corrected chi connectivity index (χ3v) is 0.957. The maximum atomic E-state index is 6.50. The van der Waals surface area contributed by atoms with Crippen molar-refractivity contribution in [1.29, 1.82) is 0 Å². The first-order valence-electron chi connectivity index (χ1n) is 2.67. The van der Waals surface area contributed by atoms with E-state index in [9.17, 15) is 0 Å². The fourth-order valence-corrected chi connectivity index (χ4v) is 0.604. The van der Waals surface area contributed by atoms with Crippen LogP contribution in [-0.2, 0) is 0 Å². The molecule has 0 amide bonds. The minimum atomic E-state index is 1.14. The monoisotopic (exact) mass is 116 g/mol. The molecule has 0 aromatic heterocycles. The van der Waals surface area contributed by atoms with E-state index in [2.05, 4.69) is 16.5 Å². The Hall–Kier alpha value is -0.160. The zero-order chi connectivity index (χ0) is 6.24. The second kappa shape index (κ2) is 6.84. The summed E-state index contributed by atoms with van der Waals surface area (Å²) in [6, 6.07) is 0.